The van der Waals surface area contributed by atoms with E-state index in [1.54, 1.807) is 10.9 Å². The summed E-state index contributed by atoms with van der Waals surface area (Å²) in [6, 6.07) is 3.29. The fourth-order valence-corrected chi connectivity index (χ4v) is 2.39. The minimum absolute atomic E-state index is 0.160. The molecule has 0 unspecified atom stereocenters. The number of pyridine rings is 2. The SMILES string of the molecule is Cc1nn(C)c2ncc(NC(=O)c3cnc(Cl)c(Cl)c3)cc12. The van der Waals surface area contributed by atoms with Crippen LogP contribution >= 0.6 is 23.2 Å². The summed E-state index contributed by atoms with van der Waals surface area (Å²) in [7, 11) is 1.82. The van der Waals surface area contributed by atoms with Gasteiger partial charge in [-0.15, -0.1) is 0 Å². The number of anilines is 1. The van der Waals surface area contributed by atoms with Crippen LogP contribution in [0.3, 0.4) is 0 Å². The quantitative estimate of drug-likeness (QED) is 0.729. The Bertz CT molecular complexity index is 890. The molecule has 3 aromatic heterocycles. The molecule has 0 aliphatic rings. The highest BCUT2D eigenvalue weighted by molar-refractivity contribution is 6.41. The van der Waals surface area contributed by atoms with Crippen LogP contribution in [0.15, 0.2) is 24.5 Å². The minimum atomic E-state index is -0.339. The van der Waals surface area contributed by atoms with Crippen LogP contribution in [0.25, 0.3) is 11.0 Å². The average molecular weight is 336 g/mol. The Morgan fingerprint density at radius 3 is 2.73 bits per heavy atom. The number of halogens is 2. The van der Waals surface area contributed by atoms with Crippen LogP contribution in [-0.2, 0) is 7.05 Å². The first kappa shape index (κ1) is 14.7. The van der Waals surface area contributed by atoms with Crippen molar-refractivity contribution in [2.24, 2.45) is 7.05 Å². The Labute approximate surface area is 136 Å². The lowest BCUT2D eigenvalue weighted by atomic mass is 10.2. The summed E-state index contributed by atoms with van der Waals surface area (Å²) < 4.78 is 1.69. The van der Waals surface area contributed by atoms with E-state index in [2.05, 4.69) is 20.4 Å². The van der Waals surface area contributed by atoms with E-state index in [1.165, 1.54) is 12.3 Å². The van der Waals surface area contributed by atoms with Gasteiger partial charge in [-0.3, -0.25) is 9.48 Å². The molecule has 112 valence electrons. The van der Waals surface area contributed by atoms with Gasteiger partial charge >= 0.3 is 0 Å². The number of aromatic nitrogens is 4. The second kappa shape index (κ2) is 5.55. The Morgan fingerprint density at radius 2 is 2.00 bits per heavy atom. The Kier molecular flexibility index (Phi) is 3.72. The Balaban J connectivity index is 1.90. The Hall–Kier alpha value is -2.18. The molecule has 0 aliphatic carbocycles. The largest absolute Gasteiger partial charge is 0.321 e. The number of hydrogen-bond acceptors (Lipinski definition) is 4. The molecule has 3 rings (SSSR count). The number of hydrogen-bond donors (Lipinski definition) is 1. The van der Waals surface area contributed by atoms with E-state index < -0.39 is 0 Å². The van der Waals surface area contributed by atoms with Crippen molar-refractivity contribution in [1.29, 1.82) is 0 Å². The normalized spacial score (nSPS) is 10.9. The van der Waals surface area contributed by atoms with Crippen LogP contribution in [0.1, 0.15) is 16.1 Å². The number of amides is 1. The molecular weight excluding hydrogens is 325 g/mol. The highest BCUT2D eigenvalue weighted by Crippen LogP contribution is 2.22. The van der Waals surface area contributed by atoms with Gasteiger partial charge in [-0.05, 0) is 19.1 Å². The van der Waals surface area contributed by atoms with Crippen LogP contribution in [0.2, 0.25) is 10.2 Å². The summed E-state index contributed by atoms with van der Waals surface area (Å²) in [5.41, 5.74) is 2.49. The van der Waals surface area contributed by atoms with E-state index in [-0.39, 0.29) is 16.1 Å². The zero-order chi connectivity index (χ0) is 15.9. The smallest absolute Gasteiger partial charge is 0.257 e. The fourth-order valence-electron chi connectivity index (χ4n) is 2.12. The third-order valence-electron chi connectivity index (χ3n) is 3.18. The minimum Gasteiger partial charge on any atom is -0.321 e. The molecule has 8 heteroatoms. The fraction of sp³-hybridized carbons (Fsp3) is 0.143. The summed E-state index contributed by atoms with van der Waals surface area (Å²) in [6.45, 7) is 1.89. The summed E-state index contributed by atoms with van der Waals surface area (Å²) in [5, 5.41) is 8.31. The molecule has 22 heavy (non-hydrogen) atoms. The van der Waals surface area contributed by atoms with E-state index in [0.29, 0.717) is 11.3 Å². The highest BCUT2D eigenvalue weighted by Gasteiger charge is 2.12. The van der Waals surface area contributed by atoms with Gasteiger partial charge in [0.2, 0.25) is 0 Å². The summed E-state index contributed by atoms with van der Waals surface area (Å²) in [6.07, 6.45) is 2.94. The maximum Gasteiger partial charge on any atom is 0.257 e. The van der Waals surface area contributed by atoms with Gasteiger partial charge in [0.15, 0.2) is 5.65 Å². The van der Waals surface area contributed by atoms with Gasteiger partial charge < -0.3 is 5.32 Å². The molecule has 3 aromatic rings. The predicted molar refractivity (Wildman–Crippen MR) is 85.5 cm³/mol. The Morgan fingerprint density at radius 1 is 1.23 bits per heavy atom. The summed E-state index contributed by atoms with van der Waals surface area (Å²) >= 11 is 11.6. The molecular formula is C14H11Cl2N5O. The van der Waals surface area contributed by atoms with Crippen molar-refractivity contribution in [1.82, 2.24) is 19.7 Å². The van der Waals surface area contributed by atoms with Gasteiger partial charge in [0, 0.05) is 18.6 Å². The third-order valence-corrected chi connectivity index (χ3v) is 3.87. The lowest BCUT2D eigenvalue weighted by Gasteiger charge is -2.06. The first-order chi connectivity index (χ1) is 10.5. The second-order valence-corrected chi connectivity index (χ2v) is 5.52. The van der Waals surface area contributed by atoms with Crippen LogP contribution in [-0.4, -0.2) is 25.7 Å². The molecule has 0 spiro atoms. The van der Waals surface area contributed by atoms with E-state index in [9.17, 15) is 4.79 Å². The molecule has 0 saturated carbocycles. The third kappa shape index (κ3) is 2.63. The number of carbonyl (C=O) groups is 1. The molecule has 1 amide bonds. The molecule has 3 heterocycles. The van der Waals surface area contributed by atoms with Crippen molar-refractivity contribution in [3.63, 3.8) is 0 Å². The standard InChI is InChI=1S/C14H11Cl2N5O/c1-7-10-4-9(6-18-13(10)21(2)20-7)19-14(22)8-3-11(15)12(16)17-5-8/h3-6H,1-2H3,(H,19,22). The van der Waals surface area contributed by atoms with Gasteiger partial charge in [0.1, 0.15) is 5.15 Å². The van der Waals surface area contributed by atoms with Gasteiger partial charge in [0.25, 0.3) is 5.91 Å². The maximum absolute atomic E-state index is 12.2. The predicted octanol–water partition coefficient (Wildman–Crippen LogP) is 3.23. The van der Waals surface area contributed by atoms with E-state index in [0.717, 1.165) is 16.7 Å². The number of carbonyl (C=O) groups excluding carboxylic acids is 1. The zero-order valence-corrected chi connectivity index (χ0v) is 13.3. The lowest BCUT2D eigenvalue weighted by Crippen LogP contribution is -2.12. The molecule has 1 N–H and O–H groups in total. The van der Waals surface area contributed by atoms with Crippen molar-refractivity contribution < 1.29 is 4.79 Å². The van der Waals surface area contributed by atoms with Crippen LogP contribution in [0, 0.1) is 6.92 Å². The number of nitrogens with one attached hydrogen (secondary N) is 1. The van der Waals surface area contributed by atoms with Gasteiger partial charge in [0.05, 0.1) is 28.2 Å². The molecule has 0 bridgehead atoms. The van der Waals surface area contributed by atoms with Crippen LogP contribution < -0.4 is 5.32 Å². The number of rotatable bonds is 2. The molecule has 0 aromatic carbocycles. The first-order valence-corrected chi connectivity index (χ1v) is 7.13. The average Bonchev–Trinajstić information content (AvgIpc) is 2.76. The monoisotopic (exact) mass is 335 g/mol. The zero-order valence-electron chi connectivity index (χ0n) is 11.8. The van der Waals surface area contributed by atoms with Crippen molar-refractivity contribution in [2.75, 3.05) is 5.32 Å². The molecule has 0 fully saturated rings. The van der Waals surface area contributed by atoms with Crippen LogP contribution in [0.5, 0.6) is 0 Å². The molecule has 0 radical (unpaired) electrons. The molecule has 6 nitrogen and oxygen atoms in total. The number of fused-ring (bicyclic) bond motifs is 1. The van der Waals surface area contributed by atoms with Crippen LogP contribution in [0.4, 0.5) is 5.69 Å². The number of aryl methyl sites for hydroxylation is 2. The van der Waals surface area contributed by atoms with Gasteiger partial charge in [-0.2, -0.15) is 5.10 Å². The van der Waals surface area contributed by atoms with Crippen molar-refractivity contribution >= 4 is 45.8 Å². The van der Waals surface area contributed by atoms with E-state index in [1.807, 2.05) is 20.0 Å². The first-order valence-electron chi connectivity index (χ1n) is 6.37. The summed E-state index contributed by atoms with van der Waals surface area (Å²) in [4.78, 5) is 20.4. The van der Waals surface area contributed by atoms with Crippen molar-refractivity contribution in [3.8, 4) is 0 Å². The van der Waals surface area contributed by atoms with E-state index >= 15 is 0 Å². The van der Waals surface area contributed by atoms with Gasteiger partial charge in [-0.1, -0.05) is 23.2 Å². The second-order valence-electron chi connectivity index (χ2n) is 4.75. The molecule has 0 atom stereocenters. The van der Waals surface area contributed by atoms with Crippen molar-refractivity contribution in [3.05, 3.63) is 46.0 Å². The maximum atomic E-state index is 12.2. The number of nitrogens with zero attached hydrogens (tertiary/aromatic N) is 4. The topological polar surface area (TPSA) is 72.7 Å². The highest BCUT2D eigenvalue weighted by atomic mass is 35.5. The molecule has 0 saturated heterocycles. The molecule has 0 aliphatic heterocycles. The van der Waals surface area contributed by atoms with Gasteiger partial charge in [-0.25, -0.2) is 9.97 Å². The van der Waals surface area contributed by atoms with E-state index in [4.69, 9.17) is 23.2 Å². The summed E-state index contributed by atoms with van der Waals surface area (Å²) in [5.74, 6) is -0.339. The lowest BCUT2D eigenvalue weighted by molar-refractivity contribution is 0.102. The van der Waals surface area contributed by atoms with Crippen molar-refractivity contribution in [2.45, 2.75) is 6.92 Å².